The van der Waals surface area contributed by atoms with Gasteiger partial charge in [0.25, 0.3) is 0 Å². The Morgan fingerprint density at radius 3 is 2.25 bits per heavy atom. The largest absolute Gasteiger partial charge is 0.416 e. The second-order valence-corrected chi connectivity index (χ2v) is 4.39. The van der Waals surface area contributed by atoms with Gasteiger partial charge in [0, 0.05) is 13.1 Å². The van der Waals surface area contributed by atoms with Crippen LogP contribution < -0.4 is 5.32 Å². The van der Waals surface area contributed by atoms with Crippen LogP contribution in [0.1, 0.15) is 16.7 Å². The lowest BCUT2D eigenvalue weighted by Gasteiger charge is -2.13. The summed E-state index contributed by atoms with van der Waals surface area (Å²) >= 11 is 0. The molecule has 0 saturated heterocycles. The van der Waals surface area contributed by atoms with Crippen molar-refractivity contribution in [3.63, 3.8) is 0 Å². The first kappa shape index (κ1) is 14.5. The highest BCUT2D eigenvalue weighted by Crippen LogP contribution is 2.32. The fourth-order valence-electron chi connectivity index (χ4n) is 1.92. The molecule has 20 heavy (non-hydrogen) atoms. The molecule has 0 radical (unpaired) electrons. The van der Waals surface area contributed by atoms with Crippen LogP contribution in [0.25, 0.3) is 0 Å². The van der Waals surface area contributed by atoms with E-state index >= 15 is 0 Å². The first-order chi connectivity index (χ1) is 9.47. The highest BCUT2D eigenvalue weighted by atomic mass is 19.4. The monoisotopic (exact) mass is 283 g/mol. The first-order valence-corrected chi connectivity index (χ1v) is 6.07. The molecule has 0 fully saturated rings. The summed E-state index contributed by atoms with van der Waals surface area (Å²) in [5.41, 5.74) is 0.0605. The Morgan fingerprint density at radius 2 is 1.60 bits per heavy atom. The number of halogens is 4. The Kier molecular flexibility index (Phi) is 4.39. The fourth-order valence-corrected chi connectivity index (χ4v) is 1.92. The number of hydrogen-bond donors (Lipinski definition) is 1. The third kappa shape index (κ3) is 3.81. The summed E-state index contributed by atoms with van der Waals surface area (Å²) in [6.45, 7) is 0.385. The minimum Gasteiger partial charge on any atom is -0.309 e. The van der Waals surface area contributed by atoms with E-state index in [2.05, 4.69) is 5.32 Å². The van der Waals surface area contributed by atoms with Gasteiger partial charge in [-0.2, -0.15) is 13.2 Å². The van der Waals surface area contributed by atoms with E-state index < -0.39 is 17.6 Å². The molecular formula is C15H13F4N. The van der Waals surface area contributed by atoms with Gasteiger partial charge in [-0.25, -0.2) is 4.39 Å². The third-order valence-corrected chi connectivity index (χ3v) is 2.86. The highest BCUT2D eigenvalue weighted by Gasteiger charge is 2.33. The number of benzene rings is 2. The zero-order valence-corrected chi connectivity index (χ0v) is 10.5. The van der Waals surface area contributed by atoms with Crippen molar-refractivity contribution in [3.8, 4) is 0 Å². The molecule has 0 spiro atoms. The molecule has 106 valence electrons. The van der Waals surface area contributed by atoms with Crippen LogP contribution in [0.15, 0.2) is 48.5 Å². The maximum Gasteiger partial charge on any atom is 0.416 e. The van der Waals surface area contributed by atoms with Gasteiger partial charge in [0.05, 0.1) is 5.56 Å². The molecule has 0 heterocycles. The fraction of sp³-hybridized carbons (Fsp3) is 0.200. The van der Waals surface area contributed by atoms with Crippen LogP contribution >= 0.6 is 0 Å². The molecule has 2 aromatic rings. The lowest BCUT2D eigenvalue weighted by molar-refractivity contribution is -0.138. The second-order valence-electron chi connectivity index (χ2n) is 4.39. The molecule has 2 rings (SSSR count). The number of nitrogens with one attached hydrogen (secondary N) is 1. The average molecular weight is 283 g/mol. The molecule has 0 atom stereocenters. The van der Waals surface area contributed by atoms with Crippen LogP contribution in [-0.4, -0.2) is 0 Å². The van der Waals surface area contributed by atoms with Gasteiger partial charge in [-0.1, -0.05) is 30.3 Å². The highest BCUT2D eigenvalue weighted by molar-refractivity contribution is 5.30. The summed E-state index contributed by atoms with van der Waals surface area (Å²) in [6, 6.07) is 11.8. The van der Waals surface area contributed by atoms with Crippen molar-refractivity contribution in [2.24, 2.45) is 0 Å². The quantitative estimate of drug-likeness (QED) is 0.832. The van der Waals surface area contributed by atoms with Gasteiger partial charge in [-0.15, -0.1) is 0 Å². The molecular weight excluding hydrogens is 270 g/mol. The molecule has 5 heteroatoms. The van der Waals surface area contributed by atoms with E-state index in [-0.39, 0.29) is 12.1 Å². The predicted molar refractivity (Wildman–Crippen MR) is 68.4 cm³/mol. The van der Waals surface area contributed by atoms with Gasteiger partial charge in [-0.3, -0.25) is 0 Å². The Morgan fingerprint density at radius 1 is 0.900 bits per heavy atom. The second kappa shape index (κ2) is 6.05. The van der Waals surface area contributed by atoms with Gasteiger partial charge in [0.2, 0.25) is 0 Å². The Labute approximate surface area is 114 Å². The molecule has 0 amide bonds. The summed E-state index contributed by atoms with van der Waals surface area (Å²) in [7, 11) is 0. The first-order valence-electron chi connectivity index (χ1n) is 6.07. The van der Waals surface area contributed by atoms with Crippen LogP contribution in [-0.2, 0) is 19.3 Å². The number of alkyl halides is 3. The number of rotatable bonds is 4. The molecule has 0 unspecified atom stereocenters. The van der Waals surface area contributed by atoms with E-state index in [1.165, 1.54) is 0 Å². The van der Waals surface area contributed by atoms with Crippen molar-refractivity contribution in [3.05, 3.63) is 71.0 Å². The Balaban J connectivity index is 2.07. The maximum absolute atomic E-state index is 13.1. The van der Waals surface area contributed by atoms with E-state index in [1.54, 1.807) is 0 Å². The molecule has 0 aliphatic carbocycles. The van der Waals surface area contributed by atoms with Crippen LogP contribution in [0.4, 0.5) is 17.6 Å². The minimum absolute atomic E-state index is 0.0402. The van der Waals surface area contributed by atoms with Crippen molar-refractivity contribution >= 4 is 0 Å². The third-order valence-electron chi connectivity index (χ3n) is 2.86. The van der Waals surface area contributed by atoms with Crippen LogP contribution in [0, 0.1) is 5.82 Å². The molecule has 1 nitrogen and oxygen atoms in total. The van der Waals surface area contributed by atoms with E-state index in [0.29, 0.717) is 6.54 Å². The normalized spacial score (nSPS) is 11.6. The lowest BCUT2D eigenvalue weighted by Crippen LogP contribution is -2.17. The molecule has 1 N–H and O–H groups in total. The van der Waals surface area contributed by atoms with Gasteiger partial charge in [0.15, 0.2) is 0 Å². The average Bonchev–Trinajstić information content (AvgIpc) is 2.38. The van der Waals surface area contributed by atoms with Crippen LogP contribution in [0.5, 0.6) is 0 Å². The van der Waals surface area contributed by atoms with Gasteiger partial charge < -0.3 is 5.32 Å². The van der Waals surface area contributed by atoms with Gasteiger partial charge in [-0.05, 0) is 29.3 Å². The summed E-state index contributed by atoms with van der Waals surface area (Å²) < 4.78 is 51.4. The van der Waals surface area contributed by atoms with E-state index in [4.69, 9.17) is 0 Å². The van der Waals surface area contributed by atoms with E-state index in [9.17, 15) is 17.6 Å². The Bertz CT molecular complexity index is 564. The molecule has 0 saturated carbocycles. The smallest absolute Gasteiger partial charge is 0.309 e. The van der Waals surface area contributed by atoms with E-state index in [0.717, 1.165) is 23.8 Å². The van der Waals surface area contributed by atoms with Gasteiger partial charge >= 0.3 is 6.18 Å². The van der Waals surface area contributed by atoms with Crippen LogP contribution in [0.3, 0.4) is 0 Å². The van der Waals surface area contributed by atoms with Crippen molar-refractivity contribution in [1.29, 1.82) is 0 Å². The minimum atomic E-state index is -4.47. The standard InChI is InChI=1S/C15H13F4N/c16-13-6-7-14(15(17,18)19)12(8-13)10-20-9-11-4-2-1-3-5-11/h1-8,20H,9-10H2. The topological polar surface area (TPSA) is 12.0 Å². The molecule has 0 aliphatic heterocycles. The maximum atomic E-state index is 13.1. The molecule has 0 aromatic heterocycles. The summed E-state index contributed by atoms with van der Waals surface area (Å²) in [5.74, 6) is -0.672. The summed E-state index contributed by atoms with van der Waals surface area (Å²) in [6.07, 6.45) is -4.47. The van der Waals surface area contributed by atoms with Crippen molar-refractivity contribution in [2.45, 2.75) is 19.3 Å². The summed E-state index contributed by atoms with van der Waals surface area (Å²) in [4.78, 5) is 0. The molecule has 2 aromatic carbocycles. The van der Waals surface area contributed by atoms with Crippen LogP contribution in [0.2, 0.25) is 0 Å². The van der Waals surface area contributed by atoms with Gasteiger partial charge in [0.1, 0.15) is 5.82 Å². The van der Waals surface area contributed by atoms with E-state index in [1.807, 2.05) is 30.3 Å². The molecule has 0 bridgehead atoms. The zero-order chi connectivity index (χ0) is 14.6. The zero-order valence-electron chi connectivity index (χ0n) is 10.5. The Hall–Kier alpha value is -1.88. The van der Waals surface area contributed by atoms with Crippen molar-refractivity contribution in [1.82, 2.24) is 5.32 Å². The number of hydrogen-bond acceptors (Lipinski definition) is 1. The van der Waals surface area contributed by atoms with Crippen molar-refractivity contribution < 1.29 is 17.6 Å². The summed E-state index contributed by atoms with van der Waals surface area (Å²) in [5, 5.41) is 2.89. The molecule has 0 aliphatic rings. The predicted octanol–water partition coefficient (Wildman–Crippen LogP) is 4.13. The van der Waals surface area contributed by atoms with Crippen molar-refractivity contribution in [2.75, 3.05) is 0 Å². The lowest BCUT2D eigenvalue weighted by atomic mass is 10.1. The SMILES string of the molecule is Fc1ccc(C(F)(F)F)c(CNCc2ccccc2)c1.